The van der Waals surface area contributed by atoms with Gasteiger partial charge in [-0.2, -0.15) is 0 Å². The summed E-state index contributed by atoms with van der Waals surface area (Å²) in [6, 6.07) is 7.18. The molecule has 2 aromatic rings. The van der Waals surface area contributed by atoms with Gasteiger partial charge in [0.1, 0.15) is 17.5 Å². The van der Waals surface area contributed by atoms with E-state index in [1.165, 1.54) is 0 Å². The summed E-state index contributed by atoms with van der Waals surface area (Å²) in [5.74, 6) is 2.35. The van der Waals surface area contributed by atoms with E-state index in [0.717, 1.165) is 42.5 Å². The van der Waals surface area contributed by atoms with Crippen LogP contribution in [0.15, 0.2) is 24.3 Å². The van der Waals surface area contributed by atoms with Gasteiger partial charge in [0, 0.05) is 34.8 Å². The average molecular weight is 325 g/mol. The highest BCUT2D eigenvalue weighted by Crippen LogP contribution is 2.25. The van der Waals surface area contributed by atoms with E-state index in [2.05, 4.69) is 27.5 Å². The molecule has 0 saturated carbocycles. The first kappa shape index (κ1) is 15.9. The first-order chi connectivity index (χ1) is 10.1. The molecule has 0 aliphatic rings. The number of benzene rings is 1. The van der Waals surface area contributed by atoms with Crippen molar-refractivity contribution in [1.82, 2.24) is 9.97 Å². The molecule has 0 amide bonds. The smallest absolute Gasteiger partial charge is 0.136 e. The van der Waals surface area contributed by atoms with E-state index in [1.807, 2.05) is 25.1 Å². The quantitative estimate of drug-likeness (QED) is 0.792. The second-order valence-electron chi connectivity index (χ2n) is 4.62. The summed E-state index contributed by atoms with van der Waals surface area (Å²) in [6.07, 6.45) is 1.84. The maximum absolute atomic E-state index is 6.01. The van der Waals surface area contributed by atoms with Gasteiger partial charge in [-0.25, -0.2) is 9.97 Å². The van der Waals surface area contributed by atoms with Crippen LogP contribution in [-0.2, 0) is 6.42 Å². The van der Waals surface area contributed by atoms with Gasteiger partial charge in [-0.3, -0.25) is 0 Å². The van der Waals surface area contributed by atoms with Crippen LogP contribution in [0.25, 0.3) is 0 Å². The number of hydrogen-bond donors (Lipinski definition) is 2. The van der Waals surface area contributed by atoms with E-state index in [1.54, 1.807) is 6.07 Å². The van der Waals surface area contributed by atoms with Crippen LogP contribution in [0.5, 0.6) is 0 Å². The molecular formula is C15H18Cl2N4. The number of nitrogens with one attached hydrogen (secondary N) is 2. The van der Waals surface area contributed by atoms with Gasteiger partial charge in [-0.1, -0.05) is 30.1 Å². The van der Waals surface area contributed by atoms with Crippen molar-refractivity contribution in [1.29, 1.82) is 0 Å². The predicted octanol–water partition coefficient (Wildman–Crippen LogP) is 4.91. The number of aromatic nitrogens is 2. The minimum absolute atomic E-state index is 0.583. The fourth-order valence-electron chi connectivity index (χ4n) is 1.94. The third-order valence-corrected chi connectivity index (χ3v) is 3.18. The Morgan fingerprint density at radius 1 is 0.952 bits per heavy atom. The molecule has 0 saturated heterocycles. The van der Waals surface area contributed by atoms with Crippen LogP contribution in [0.2, 0.25) is 10.0 Å². The Morgan fingerprint density at radius 2 is 1.62 bits per heavy atom. The van der Waals surface area contributed by atoms with E-state index in [4.69, 9.17) is 23.2 Å². The fourth-order valence-corrected chi connectivity index (χ4v) is 2.47. The minimum atomic E-state index is 0.583. The Bertz CT molecular complexity index is 572. The lowest BCUT2D eigenvalue weighted by Gasteiger charge is -2.11. The SMILES string of the molecule is CCCc1nc(NCC)cc(Nc2cc(Cl)cc(Cl)c2)n1. The summed E-state index contributed by atoms with van der Waals surface area (Å²) in [4.78, 5) is 8.99. The molecule has 0 atom stereocenters. The van der Waals surface area contributed by atoms with Crippen molar-refractivity contribution >= 4 is 40.5 Å². The molecule has 0 bridgehead atoms. The Balaban J connectivity index is 2.28. The third-order valence-electron chi connectivity index (χ3n) is 2.74. The maximum atomic E-state index is 6.01. The number of anilines is 3. The topological polar surface area (TPSA) is 49.8 Å². The predicted molar refractivity (Wildman–Crippen MR) is 89.9 cm³/mol. The Hall–Kier alpha value is -1.52. The van der Waals surface area contributed by atoms with Crippen LogP contribution in [-0.4, -0.2) is 16.5 Å². The van der Waals surface area contributed by atoms with E-state index in [-0.39, 0.29) is 0 Å². The molecule has 0 unspecified atom stereocenters. The monoisotopic (exact) mass is 324 g/mol. The summed E-state index contributed by atoms with van der Waals surface area (Å²) < 4.78 is 0. The van der Waals surface area contributed by atoms with Crippen LogP contribution in [0.4, 0.5) is 17.3 Å². The second kappa shape index (κ2) is 7.48. The molecule has 0 spiro atoms. The van der Waals surface area contributed by atoms with Gasteiger partial charge in [0.15, 0.2) is 0 Å². The van der Waals surface area contributed by atoms with Crippen LogP contribution in [0.1, 0.15) is 26.1 Å². The molecule has 0 aliphatic carbocycles. The molecular weight excluding hydrogens is 307 g/mol. The minimum Gasteiger partial charge on any atom is -0.370 e. The van der Waals surface area contributed by atoms with Crippen LogP contribution in [0, 0.1) is 0 Å². The van der Waals surface area contributed by atoms with Gasteiger partial charge >= 0.3 is 0 Å². The van der Waals surface area contributed by atoms with Gasteiger partial charge in [-0.15, -0.1) is 0 Å². The average Bonchev–Trinajstić information content (AvgIpc) is 2.37. The van der Waals surface area contributed by atoms with Crippen LogP contribution < -0.4 is 10.6 Å². The van der Waals surface area contributed by atoms with E-state index in [9.17, 15) is 0 Å². The zero-order chi connectivity index (χ0) is 15.2. The highest BCUT2D eigenvalue weighted by Gasteiger charge is 2.05. The Kier molecular flexibility index (Phi) is 5.65. The van der Waals surface area contributed by atoms with Crippen molar-refractivity contribution < 1.29 is 0 Å². The van der Waals surface area contributed by atoms with Gasteiger partial charge in [0.2, 0.25) is 0 Å². The van der Waals surface area contributed by atoms with E-state index in [0.29, 0.717) is 10.0 Å². The van der Waals surface area contributed by atoms with Gasteiger partial charge in [0.25, 0.3) is 0 Å². The molecule has 4 nitrogen and oxygen atoms in total. The highest BCUT2D eigenvalue weighted by atomic mass is 35.5. The number of rotatable bonds is 6. The van der Waals surface area contributed by atoms with E-state index >= 15 is 0 Å². The van der Waals surface area contributed by atoms with Crippen LogP contribution in [0.3, 0.4) is 0 Å². The molecule has 0 aliphatic heterocycles. The zero-order valence-electron chi connectivity index (χ0n) is 12.1. The molecule has 21 heavy (non-hydrogen) atoms. The fraction of sp³-hybridized carbons (Fsp3) is 0.333. The number of hydrogen-bond acceptors (Lipinski definition) is 4. The molecule has 0 radical (unpaired) electrons. The lowest BCUT2D eigenvalue weighted by Crippen LogP contribution is -2.06. The van der Waals surface area contributed by atoms with Crippen molar-refractivity contribution in [3.8, 4) is 0 Å². The zero-order valence-corrected chi connectivity index (χ0v) is 13.6. The lowest BCUT2D eigenvalue weighted by molar-refractivity contribution is 0.837. The third kappa shape index (κ3) is 4.76. The number of aryl methyl sites for hydroxylation is 1. The molecule has 1 aromatic carbocycles. The van der Waals surface area contributed by atoms with Gasteiger partial charge < -0.3 is 10.6 Å². The van der Waals surface area contributed by atoms with Crippen molar-refractivity contribution in [2.45, 2.75) is 26.7 Å². The molecule has 1 aromatic heterocycles. The highest BCUT2D eigenvalue weighted by molar-refractivity contribution is 6.35. The summed E-state index contributed by atoms with van der Waals surface area (Å²) >= 11 is 12.0. The second-order valence-corrected chi connectivity index (χ2v) is 5.49. The first-order valence-electron chi connectivity index (χ1n) is 6.95. The number of halogens is 2. The van der Waals surface area contributed by atoms with Crippen molar-refractivity contribution in [3.63, 3.8) is 0 Å². The Morgan fingerprint density at radius 3 is 2.24 bits per heavy atom. The summed E-state index contributed by atoms with van der Waals surface area (Å²) in [6.45, 7) is 4.95. The maximum Gasteiger partial charge on any atom is 0.136 e. The largest absolute Gasteiger partial charge is 0.370 e. The molecule has 2 N–H and O–H groups in total. The molecule has 2 rings (SSSR count). The molecule has 1 heterocycles. The van der Waals surface area contributed by atoms with Gasteiger partial charge in [0.05, 0.1) is 0 Å². The summed E-state index contributed by atoms with van der Waals surface area (Å²) in [7, 11) is 0. The van der Waals surface area contributed by atoms with Crippen LogP contribution >= 0.6 is 23.2 Å². The Labute approximate surface area is 134 Å². The normalized spacial score (nSPS) is 10.5. The van der Waals surface area contributed by atoms with Crippen molar-refractivity contribution in [3.05, 3.63) is 40.1 Å². The lowest BCUT2D eigenvalue weighted by atomic mass is 10.3. The van der Waals surface area contributed by atoms with Crippen molar-refractivity contribution in [2.24, 2.45) is 0 Å². The van der Waals surface area contributed by atoms with Crippen molar-refractivity contribution in [2.75, 3.05) is 17.2 Å². The van der Waals surface area contributed by atoms with Gasteiger partial charge in [-0.05, 0) is 31.5 Å². The van der Waals surface area contributed by atoms with E-state index < -0.39 is 0 Å². The summed E-state index contributed by atoms with van der Waals surface area (Å²) in [5, 5.41) is 7.60. The molecule has 0 fully saturated rings. The standard InChI is InChI=1S/C15H18Cl2N4/c1-3-5-13-20-14(18-4-2)9-15(21-13)19-12-7-10(16)6-11(17)8-12/h6-9H,3-5H2,1-2H3,(H2,18,19,20,21). The first-order valence-corrected chi connectivity index (χ1v) is 7.71. The molecule has 6 heteroatoms. The molecule has 112 valence electrons. The number of nitrogens with zero attached hydrogens (tertiary/aromatic N) is 2. The summed E-state index contributed by atoms with van der Waals surface area (Å²) in [5.41, 5.74) is 0.802.